The molecule has 6 heteroatoms. The van der Waals surface area contributed by atoms with Crippen molar-refractivity contribution in [3.63, 3.8) is 0 Å². The van der Waals surface area contributed by atoms with Crippen molar-refractivity contribution in [1.29, 1.82) is 0 Å². The van der Waals surface area contributed by atoms with E-state index in [1.165, 1.54) is 4.88 Å². The van der Waals surface area contributed by atoms with Gasteiger partial charge in [0.2, 0.25) is 0 Å². The van der Waals surface area contributed by atoms with Gasteiger partial charge in [-0.25, -0.2) is 0 Å². The summed E-state index contributed by atoms with van der Waals surface area (Å²) in [5.41, 5.74) is 0.625. The Morgan fingerprint density at radius 2 is 2.16 bits per heavy atom. The molecule has 0 unspecified atom stereocenters. The third-order valence-electron chi connectivity index (χ3n) is 2.46. The Hall–Kier alpha value is -0.110. The molecule has 0 saturated carbocycles. The van der Waals surface area contributed by atoms with E-state index >= 15 is 0 Å². The lowest BCUT2D eigenvalue weighted by Crippen LogP contribution is -2.26. The standard InChI is InChI=1S/C13H10BrClINOS/c14-12-4-2-9(19-12)5-6-17-13(18)10-7-8(15)1-3-11(10)16/h1-4,7H,5-6H2,(H,17,18). The molecule has 100 valence electrons. The van der Waals surface area contributed by atoms with E-state index in [9.17, 15) is 4.79 Å². The fourth-order valence-electron chi connectivity index (χ4n) is 1.55. The molecule has 2 nitrogen and oxygen atoms in total. The highest BCUT2D eigenvalue weighted by atomic mass is 127. The van der Waals surface area contributed by atoms with E-state index < -0.39 is 0 Å². The van der Waals surface area contributed by atoms with Crippen molar-refractivity contribution in [3.05, 3.63) is 53.2 Å². The molecule has 0 spiro atoms. The maximum Gasteiger partial charge on any atom is 0.252 e. The number of hydrogen-bond acceptors (Lipinski definition) is 2. The van der Waals surface area contributed by atoms with Gasteiger partial charge < -0.3 is 5.32 Å². The highest BCUT2D eigenvalue weighted by Gasteiger charge is 2.10. The van der Waals surface area contributed by atoms with Crippen molar-refractivity contribution in [2.75, 3.05) is 6.54 Å². The summed E-state index contributed by atoms with van der Waals surface area (Å²) in [6.07, 6.45) is 0.832. The first-order valence-electron chi connectivity index (χ1n) is 5.54. The van der Waals surface area contributed by atoms with E-state index in [2.05, 4.69) is 49.9 Å². The fraction of sp³-hybridized carbons (Fsp3) is 0.154. The Morgan fingerprint density at radius 3 is 2.84 bits per heavy atom. The molecule has 1 aromatic heterocycles. The second kappa shape index (κ2) is 7.06. The van der Waals surface area contributed by atoms with Crippen LogP contribution in [0.3, 0.4) is 0 Å². The third kappa shape index (κ3) is 4.44. The highest BCUT2D eigenvalue weighted by molar-refractivity contribution is 14.1. The summed E-state index contributed by atoms with van der Waals surface area (Å²) in [6, 6.07) is 9.39. The Morgan fingerprint density at radius 1 is 1.37 bits per heavy atom. The summed E-state index contributed by atoms with van der Waals surface area (Å²) in [4.78, 5) is 13.3. The number of nitrogens with one attached hydrogen (secondary N) is 1. The zero-order valence-electron chi connectivity index (χ0n) is 9.75. The number of carbonyl (C=O) groups excluding carboxylic acids is 1. The number of hydrogen-bond donors (Lipinski definition) is 1. The predicted molar refractivity (Wildman–Crippen MR) is 92.2 cm³/mol. The largest absolute Gasteiger partial charge is 0.352 e. The van der Waals surface area contributed by atoms with Gasteiger partial charge in [-0.2, -0.15) is 0 Å². The SMILES string of the molecule is O=C(NCCc1ccc(Br)s1)c1cc(Cl)ccc1I. The first-order valence-corrected chi connectivity index (χ1v) is 8.60. The lowest BCUT2D eigenvalue weighted by atomic mass is 10.2. The van der Waals surface area contributed by atoms with Crippen LogP contribution in [0.5, 0.6) is 0 Å². The Kier molecular flexibility index (Phi) is 5.68. The topological polar surface area (TPSA) is 29.1 Å². The zero-order chi connectivity index (χ0) is 13.8. The maximum atomic E-state index is 12.0. The van der Waals surface area contributed by atoms with Gasteiger partial charge in [-0.1, -0.05) is 11.6 Å². The molecular formula is C13H10BrClINOS. The number of carbonyl (C=O) groups is 1. The van der Waals surface area contributed by atoms with E-state index in [0.717, 1.165) is 13.8 Å². The second-order valence-corrected chi connectivity index (χ2v) is 7.98. The molecule has 0 atom stereocenters. The van der Waals surface area contributed by atoms with Crippen molar-refractivity contribution >= 4 is 67.4 Å². The van der Waals surface area contributed by atoms with Crippen LogP contribution in [-0.4, -0.2) is 12.5 Å². The molecule has 0 saturated heterocycles. The van der Waals surface area contributed by atoms with E-state index in [-0.39, 0.29) is 5.91 Å². The molecule has 19 heavy (non-hydrogen) atoms. The molecule has 0 aliphatic rings. The lowest BCUT2D eigenvalue weighted by molar-refractivity contribution is 0.0953. The minimum absolute atomic E-state index is 0.0810. The molecule has 0 aliphatic heterocycles. The fourth-order valence-corrected chi connectivity index (χ4v) is 3.79. The van der Waals surface area contributed by atoms with Gasteiger partial charge in [-0.15, -0.1) is 11.3 Å². The van der Waals surface area contributed by atoms with Gasteiger partial charge in [0.1, 0.15) is 0 Å². The molecule has 2 aromatic rings. The molecule has 2 rings (SSSR count). The van der Waals surface area contributed by atoms with E-state index in [1.54, 1.807) is 23.5 Å². The van der Waals surface area contributed by atoms with Crippen LogP contribution in [-0.2, 0) is 6.42 Å². The minimum Gasteiger partial charge on any atom is -0.352 e. The Bertz CT molecular complexity index is 602. The summed E-state index contributed by atoms with van der Waals surface area (Å²) < 4.78 is 2.01. The average Bonchev–Trinajstić information content (AvgIpc) is 2.78. The smallest absolute Gasteiger partial charge is 0.252 e. The molecule has 1 heterocycles. The van der Waals surface area contributed by atoms with Crippen LogP contribution < -0.4 is 5.32 Å². The summed E-state index contributed by atoms with van der Waals surface area (Å²) in [7, 11) is 0. The number of amides is 1. The van der Waals surface area contributed by atoms with Crippen LogP contribution in [0.2, 0.25) is 5.02 Å². The van der Waals surface area contributed by atoms with Crippen molar-refractivity contribution in [3.8, 4) is 0 Å². The van der Waals surface area contributed by atoms with Gasteiger partial charge in [0.15, 0.2) is 0 Å². The molecule has 1 N–H and O–H groups in total. The van der Waals surface area contributed by atoms with Crippen molar-refractivity contribution in [2.45, 2.75) is 6.42 Å². The number of halogens is 3. The van der Waals surface area contributed by atoms with Gasteiger partial charge >= 0.3 is 0 Å². The van der Waals surface area contributed by atoms with Crippen LogP contribution in [0.1, 0.15) is 15.2 Å². The quantitative estimate of drug-likeness (QED) is 0.643. The molecule has 0 bridgehead atoms. The summed E-state index contributed by atoms with van der Waals surface area (Å²) in [6.45, 7) is 0.619. The van der Waals surface area contributed by atoms with Gasteiger partial charge in [-0.3, -0.25) is 4.79 Å². The van der Waals surface area contributed by atoms with Gasteiger partial charge in [0.05, 0.1) is 9.35 Å². The molecule has 1 aromatic carbocycles. The van der Waals surface area contributed by atoms with Crippen LogP contribution in [0.15, 0.2) is 34.1 Å². The summed E-state index contributed by atoms with van der Waals surface area (Å²) in [5, 5.41) is 3.49. The summed E-state index contributed by atoms with van der Waals surface area (Å²) >= 11 is 13.1. The molecule has 1 amide bonds. The van der Waals surface area contributed by atoms with Gasteiger partial charge in [0, 0.05) is 20.0 Å². The monoisotopic (exact) mass is 469 g/mol. The van der Waals surface area contributed by atoms with Crippen molar-refractivity contribution < 1.29 is 4.79 Å². The number of rotatable bonds is 4. The van der Waals surface area contributed by atoms with Crippen LogP contribution in [0.4, 0.5) is 0 Å². The van der Waals surface area contributed by atoms with Gasteiger partial charge in [-0.05, 0) is 75.3 Å². The molecule has 0 aliphatic carbocycles. The first-order chi connectivity index (χ1) is 9.06. The normalized spacial score (nSPS) is 10.5. The first kappa shape index (κ1) is 15.3. The molecule has 0 radical (unpaired) electrons. The van der Waals surface area contributed by atoms with Crippen LogP contribution in [0.25, 0.3) is 0 Å². The Balaban J connectivity index is 1.92. The van der Waals surface area contributed by atoms with Gasteiger partial charge in [0.25, 0.3) is 5.91 Å². The molecular weight excluding hydrogens is 460 g/mol. The second-order valence-electron chi connectivity index (χ2n) is 3.84. The van der Waals surface area contributed by atoms with Crippen LogP contribution >= 0.6 is 61.5 Å². The summed E-state index contributed by atoms with van der Waals surface area (Å²) in [5.74, 6) is -0.0810. The number of thiophene rings is 1. The maximum absolute atomic E-state index is 12.0. The highest BCUT2D eigenvalue weighted by Crippen LogP contribution is 2.22. The number of benzene rings is 1. The predicted octanol–water partition coefficient (Wildman–Crippen LogP) is 4.74. The Labute approximate surface area is 142 Å². The van der Waals surface area contributed by atoms with E-state index in [0.29, 0.717) is 17.1 Å². The zero-order valence-corrected chi connectivity index (χ0v) is 15.1. The van der Waals surface area contributed by atoms with Crippen molar-refractivity contribution in [2.24, 2.45) is 0 Å². The lowest BCUT2D eigenvalue weighted by Gasteiger charge is -2.06. The van der Waals surface area contributed by atoms with E-state index in [4.69, 9.17) is 11.6 Å². The third-order valence-corrected chi connectivity index (χ3v) is 5.32. The molecule has 0 fully saturated rings. The van der Waals surface area contributed by atoms with Crippen LogP contribution in [0, 0.1) is 3.57 Å². The van der Waals surface area contributed by atoms with Crippen molar-refractivity contribution in [1.82, 2.24) is 5.32 Å². The minimum atomic E-state index is -0.0810. The average molecular weight is 471 g/mol. The van der Waals surface area contributed by atoms with E-state index in [1.807, 2.05) is 12.1 Å².